The van der Waals surface area contributed by atoms with E-state index in [0.29, 0.717) is 22.8 Å². The number of rotatable bonds is 6. The van der Waals surface area contributed by atoms with Crippen LogP contribution in [0.4, 0.5) is 0 Å². The van der Waals surface area contributed by atoms with Crippen LogP contribution >= 0.6 is 11.6 Å². The van der Waals surface area contributed by atoms with Crippen molar-refractivity contribution in [1.82, 2.24) is 10.2 Å². The molecule has 1 saturated carbocycles. The van der Waals surface area contributed by atoms with Gasteiger partial charge in [0.1, 0.15) is 10.6 Å². The summed E-state index contributed by atoms with van der Waals surface area (Å²) in [4.78, 5) is 0.117. The van der Waals surface area contributed by atoms with E-state index in [0.717, 1.165) is 29.5 Å². The number of hydrogen-bond donors (Lipinski definition) is 0. The summed E-state index contributed by atoms with van der Waals surface area (Å²) in [6, 6.07) is 10.8. The number of aryl methyl sites for hydroxylation is 4. The van der Waals surface area contributed by atoms with Crippen molar-refractivity contribution in [2.75, 3.05) is 0 Å². The molecular weight excluding hydrogens is 436 g/mol. The number of para-hydroxylation sites is 1. The van der Waals surface area contributed by atoms with Crippen molar-refractivity contribution in [3.8, 4) is 17.4 Å². The zero-order valence-corrected chi connectivity index (χ0v) is 19.3. The molecule has 0 saturated heterocycles. The summed E-state index contributed by atoms with van der Waals surface area (Å²) in [5, 5.41) is 7.80. The standard InChI is InChI=1S/C23H23ClN2O4S/c1-13-10-15(3)22(16(4)11-13)31(27,28)30-19-12-20(24)25-26-23(19)29-21-14(2)6-5-7-18(21)17-8-9-17/h5-7,10-12,17H,8-9H2,1-4H3. The third-order valence-corrected chi connectivity index (χ3v) is 6.94. The SMILES string of the molecule is Cc1cc(C)c(S(=O)(=O)Oc2cc(Cl)nnc2Oc2c(C)cccc2C2CC2)c(C)c1. The minimum atomic E-state index is -4.15. The van der Waals surface area contributed by atoms with E-state index in [1.54, 1.807) is 26.0 Å². The van der Waals surface area contributed by atoms with Crippen molar-refractivity contribution in [1.29, 1.82) is 0 Å². The number of hydrogen-bond acceptors (Lipinski definition) is 6. The minimum absolute atomic E-state index is 0.00194. The van der Waals surface area contributed by atoms with Crippen molar-refractivity contribution >= 4 is 21.7 Å². The summed E-state index contributed by atoms with van der Waals surface area (Å²) < 4.78 is 37.9. The van der Waals surface area contributed by atoms with Gasteiger partial charge in [0.15, 0.2) is 5.15 Å². The normalized spacial score (nSPS) is 13.8. The Morgan fingerprint density at radius 2 is 1.65 bits per heavy atom. The second-order valence-corrected chi connectivity index (χ2v) is 9.84. The molecule has 0 amide bonds. The maximum atomic E-state index is 13.2. The first-order chi connectivity index (χ1) is 14.7. The molecule has 4 rings (SSSR count). The maximum absolute atomic E-state index is 13.2. The van der Waals surface area contributed by atoms with Crippen LogP contribution in [-0.2, 0) is 10.1 Å². The highest BCUT2D eigenvalue weighted by atomic mass is 35.5. The Kier molecular flexibility index (Phi) is 5.66. The van der Waals surface area contributed by atoms with Gasteiger partial charge in [0.05, 0.1) is 0 Å². The predicted octanol–water partition coefficient (Wildman–Crippen LogP) is 5.80. The second-order valence-electron chi connectivity index (χ2n) is 7.97. The molecule has 0 unspecified atom stereocenters. The van der Waals surface area contributed by atoms with Crippen LogP contribution in [-0.4, -0.2) is 18.6 Å². The molecule has 1 fully saturated rings. The third kappa shape index (κ3) is 4.52. The lowest BCUT2D eigenvalue weighted by Gasteiger charge is -2.16. The summed E-state index contributed by atoms with van der Waals surface area (Å²) >= 11 is 6.00. The van der Waals surface area contributed by atoms with Crippen LogP contribution in [0.2, 0.25) is 5.15 Å². The van der Waals surface area contributed by atoms with Gasteiger partial charge in [-0.25, -0.2) is 0 Å². The van der Waals surface area contributed by atoms with Crippen molar-refractivity contribution in [2.45, 2.75) is 51.3 Å². The molecule has 6 nitrogen and oxygen atoms in total. The van der Waals surface area contributed by atoms with Crippen LogP contribution in [0.25, 0.3) is 0 Å². The Bertz CT molecular complexity index is 1250. The van der Waals surface area contributed by atoms with Crippen LogP contribution in [0.15, 0.2) is 41.3 Å². The summed E-state index contributed by atoms with van der Waals surface area (Å²) in [5.41, 5.74) is 4.15. The summed E-state index contributed by atoms with van der Waals surface area (Å²) in [7, 11) is -4.15. The van der Waals surface area contributed by atoms with E-state index in [4.69, 9.17) is 20.5 Å². The highest BCUT2D eigenvalue weighted by molar-refractivity contribution is 7.87. The second kappa shape index (κ2) is 8.13. The number of aromatic nitrogens is 2. The van der Waals surface area contributed by atoms with Crippen molar-refractivity contribution in [2.24, 2.45) is 0 Å². The van der Waals surface area contributed by atoms with E-state index in [1.807, 2.05) is 32.0 Å². The fraction of sp³-hybridized carbons (Fsp3) is 0.304. The number of nitrogens with zero attached hydrogens (tertiary/aromatic N) is 2. The first-order valence-electron chi connectivity index (χ1n) is 9.98. The molecule has 1 aliphatic rings. The molecule has 0 atom stereocenters. The Morgan fingerprint density at radius 1 is 0.968 bits per heavy atom. The Hall–Kier alpha value is -2.64. The molecule has 0 radical (unpaired) electrons. The van der Waals surface area contributed by atoms with Gasteiger partial charge in [0.2, 0.25) is 5.75 Å². The van der Waals surface area contributed by atoms with Gasteiger partial charge in [-0.15, -0.1) is 10.2 Å². The number of ether oxygens (including phenoxy) is 1. The van der Waals surface area contributed by atoms with Gasteiger partial charge in [0.25, 0.3) is 5.88 Å². The molecule has 1 heterocycles. The molecule has 0 aliphatic heterocycles. The van der Waals surface area contributed by atoms with Crippen LogP contribution in [0, 0.1) is 27.7 Å². The molecule has 3 aromatic rings. The monoisotopic (exact) mass is 458 g/mol. The van der Waals surface area contributed by atoms with E-state index in [-0.39, 0.29) is 21.7 Å². The molecule has 162 valence electrons. The zero-order chi connectivity index (χ0) is 22.3. The van der Waals surface area contributed by atoms with Crippen LogP contribution in [0.1, 0.15) is 46.6 Å². The summed E-state index contributed by atoms with van der Waals surface area (Å²) in [6.07, 6.45) is 2.19. The van der Waals surface area contributed by atoms with Crippen LogP contribution in [0.3, 0.4) is 0 Å². The van der Waals surface area contributed by atoms with E-state index < -0.39 is 10.1 Å². The van der Waals surface area contributed by atoms with Gasteiger partial charge < -0.3 is 8.92 Å². The van der Waals surface area contributed by atoms with Crippen LogP contribution in [0.5, 0.6) is 17.4 Å². The Morgan fingerprint density at radius 3 is 2.29 bits per heavy atom. The van der Waals surface area contributed by atoms with E-state index in [9.17, 15) is 8.42 Å². The lowest BCUT2D eigenvalue weighted by molar-refractivity contribution is 0.410. The van der Waals surface area contributed by atoms with Crippen LogP contribution < -0.4 is 8.92 Å². The fourth-order valence-corrected chi connectivity index (χ4v) is 5.30. The van der Waals surface area contributed by atoms with E-state index >= 15 is 0 Å². The highest BCUT2D eigenvalue weighted by Crippen LogP contribution is 2.47. The molecule has 1 aromatic heterocycles. The largest absolute Gasteiger partial charge is 0.434 e. The van der Waals surface area contributed by atoms with Gasteiger partial charge in [0, 0.05) is 6.07 Å². The van der Waals surface area contributed by atoms with Gasteiger partial charge in [-0.2, -0.15) is 8.42 Å². The average molecular weight is 459 g/mol. The predicted molar refractivity (Wildman–Crippen MR) is 119 cm³/mol. The molecule has 2 aromatic carbocycles. The maximum Gasteiger partial charge on any atom is 0.339 e. The lowest BCUT2D eigenvalue weighted by Crippen LogP contribution is -2.14. The van der Waals surface area contributed by atoms with Gasteiger partial charge in [-0.1, -0.05) is 47.5 Å². The Balaban J connectivity index is 1.74. The molecule has 0 N–H and O–H groups in total. The van der Waals surface area contributed by atoms with Gasteiger partial charge in [-0.3, -0.25) is 0 Å². The zero-order valence-electron chi connectivity index (χ0n) is 17.8. The van der Waals surface area contributed by atoms with E-state index in [2.05, 4.69) is 10.2 Å². The first kappa shape index (κ1) is 21.6. The first-order valence-corrected chi connectivity index (χ1v) is 11.8. The summed E-state index contributed by atoms with van der Waals surface area (Å²) in [6.45, 7) is 7.32. The average Bonchev–Trinajstić information content (AvgIpc) is 3.48. The number of benzene rings is 2. The fourth-order valence-electron chi connectivity index (χ4n) is 3.82. The van der Waals surface area contributed by atoms with Gasteiger partial charge in [-0.05, 0) is 68.7 Å². The van der Waals surface area contributed by atoms with Crippen molar-refractivity contribution < 1.29 is 17.3 Å². The topological polar surface area (TPSA) is 78.4 Å². The molecule has 31 heavy (non-hydrogen) atoms. The van der Waals surface area contributed by atoms with Crippen molar-refractivity contribution in [3.63, 3.8) is 0 Å². The quantitative estimate of drug-likeness (QED) is 0.434. The van der Waals surface area contributed by atoms with E-state index in [1.165, 1.54) is 6.07 Å². The lowest BCUT2D eigenvalue weighted by atomic mass is 10.1. The smallest absolute Gasteiger partial charge is 0.339 e. The molecule has 0 bridgehead atoms. The van der Waals surface area contributed by atoms with Crippen molar-refractivity contribution in [3.05, 3.63) is 69.4 Å². The molecule has 0 spiro atoms. The molecule has 8 heteroatoms. The third-order valence-electron chi connectivity index (χ3n) is 5.21. The molecular formula is C23H23ClN2O4S. The Labute approximate surface area is 187 Å². The number of halogens is 1. The summed E-state index contributed by atoms with van der Waals surface area (Å²) in [5.74, 6) is 0.920. The molecule has 1 aliphatic carbocycles. The van der Waals surface area contributed by atoms with Gasteiger partial charge >= 0.3 is 10.1 Å². The minimum Gasteiger partial charge on any atom is -0.434 e. The highest BCUT2D eigenvalue weighted by Gasteiger charge is 2.29.